The number of nitro benzene ring substituents is 1. The Kier molecular flexibility index (Phi) is 10.5. The lowest BCUT2D eigenvalue weighted by Crippen LogP contribution is -3.00. The first-order valence-electron chi connectivity index (χ1n) is 14.8. The van der Waals surface area contributed by atoms with Crippen molar-refractivity contribution in [3.8, 4) is 0 Å². The van der Waals surface area contributed by atoms with Gasteiger partial charge in [-0.1, -0.05) is 60.4 Å². The van der Waals surface area contributed by atoms with E-state index in [1.54, 1.807) is 18.0 Å². The minimum Gasteiger partial charge on any atom is -1.00 e. The van der Waals surface area contributed by atoms with Crippen LogP contribution in [-0.2, 0) is 38.8 Å². The lowest BCUT2D eigenvalue weighted by molar-refractivity contribution is -0.519. The molecule has 4 atom stereocenters. The fourth-order valence-electron chi connectivity index (χ4n) is 6.27. The lowest BCUT2D eigenvalue weighted by Gasteiger charge is -2.46. The van der Waals surface area contributed by atoms with Crippen molar-refractivity contribution in [3.05, 3.63) is 98.4 Å². The Morgan fingerprint density at radius 1 is 1.15 bits per heavy atom. The first kappa shape index (κ1) is 35.3. The molecule has 0 saturated carbocycles. The summed E-state index contributed by atoms with van der Waals surface area (Å²) in [6.45, 7) is 3.54. The number of thiazole rings is 1. The zero-order chi connectivity index (χ0) is 33.6. The van der Waals surface area contributed by atoms with Crippen LogP contribution >= 0.6 is 23.1 Å². The van der Waals surface area contributed by atoms with Gasteiger partial charge < -0.3 is 49.3 Å². The molecule has 2 aromatic heterocycles. The predicted octanol–water partition coefficient (Wildman–Crippen LogP) is -0.109. The minimum atomic E-state index is -0.948. The number of aliphatic hydroxyl groups is 1. The van der Waals surface area contributed by atoms with Crippen molar-refractivity contribution in [1.29, 1.82) is 0 Å². The molecule has 6 rings (SSSR count). The zero-order valence-electron chi connectivity index (χ0n) is 26.1. The van der Waals surface area contributed by atoms with E-state index < -0.39 is 46.7 Å². The van der Waals surface area contributed by atoms with Gasteiger partial charge in [0.25, 0.3) is 17.0 Å². The molecule has 2 aliphatic heterocycles. The molecule has 0 spiro atoms. The number of nitrogens with zero attached hydrogens (tertiary/aromatic N) is 4. The van der Waals surface area contributed by atoms with Gasteiger partial charge in [0.2, 0.25) is 16.6 Å². The number of nitro groups is 1. The molecule has 0 unspecified atom stereocenters. The van der Waals surface area contributed by atoms with Gasteiger partial charge in [0.15, 0.2) is 6.61 Å². The van der Waals surface area contributed by atoms with Gasteiger partial charge in [-0.15, -0.1) is 0 Å². The monoisotopic (exact) mass is 805 g/mol. The highest BCUT2D eigenvalue weighted by Gasteiger charge is 2.61. The normalized spacial score (nSPS) is 19.0. The van der Waals surface area contributed by atoms with Gasteiger partial charge in [0, 0.05) is 23.6 Å². The maximum atomic E-state index is 13.9. The van der Waals surface area contributed by atoms with E-state index in [1.807, 2.05) is 47.9 Å². The smallest absolute Gasteiger partial charge is 0.355 e. The molecule has 2 amide bonds. The van der Waals surface area contributed by atoms with Crippen LogP contribution in [0.1, 0.15) is 35.5 Å². The summed E-state index contributed by atoms with van der Waals surface area (Å²) in [6.07, 6.45) is 2.53. The van der Waals surface area contributed by atoms with Crippen molar-refractivity contribution in [2.75, 3.05) is 6.26 Å². The van der Waals surface area contributed by atoms with E-state index in [-0.39, 0.29) is 48.4 Å². The number of non-ortho nitro benzene ring substituents is 1. The van der Waals surface area contributed by atoms with Crippen molar-refractivity contribution in [1.82, 2.24) is 9.63 Å². The second-order valence-electron chi connectivity index (χ2n) is 11.4. The molecule has 4 aromatic rings. The molecular formula is C32H32IN5O8S2. The topological polar surface area (TPSA) is 171 Å². The second-order valence-corrected chi connectivity index (χ2v) is 13.2. The zero-order valence-corrected chi connectivity index (χ0v) is 29.9. The maximum absolute atomic E-state index is 13.9. The number of aliphatic hydroxyl groups excluding tert-OH is 1. The third kappa shape index (κ3) is 6.28. The number of amides is 2. The number of thioether (sulfide) groups is 1. The van der Waals surface area contributed by atoms with Crippen LogP contribution in [0.5, 0.6) is 0 Å². The number of imidazole rings is 1. The third-order valence-electron chi connectivity index (χ3n) is 8.45. The van der Waals surface area contributed by atoms with Crippen LogP contribution < -0.4 is 38.9 Å². The summed E-state index contributed by atoms with van der Waals surface area (Å²) in [5.41, 5.74) is 8.23. The summed E-state index contributed by atoms with van der Waals surface area (Å²) in [6, 6.07) is 14.8. The van der Waals surface area contributed by atoms with Gasteiger partial charge >= 0.3 is 5.97 Å². The molecule has 16 heteroatoms. The lowest BCUT2D eigenvalue weighted by atomic mass is 9.77. The molecule has 1 saturated heterocycles. The van der Waals surface area contributed by atoms with E-state index in [0.29, 0.717) is 28.3 Å². The number of ether oxygens (including phenoxy) is 1. The average Bonchev–Trinajstić information content (AvgIpc) is 3.64. The number of nitrogens with two attached hydrogens (primary N) is 1. The van der Waals surface area contributed by atoms with Crippen LogP contribution in [0.3, 0.4) is 0 Å². The highest BCUT2D eigenvalue weighted by molar-refractivity contribution is 7.98. The number of halogens is 1. The SMILES string of the molecule is CSc1c2sc(C3=C(C(=O)OCc4ccc([N+](=O)[O-])cc4)N4C(=O)[C@H]([C@@H](C)O)[C@H]4[C@H]3C)c(CC(N)=O)[n+]2cn1OCc1ccccc1.[I-]. The Bertz CT molecular complexity index is 1930. The van der Waals surface area contributed by atoms with E-state index in [2.05, 4.69) is 0 Å². The van der Waals surface area contributed by atoms with Crippen molar-refractivity contribution in [2.24, 2.45) is 17.6 Å². The van der Waals surface area contributed by atoms with Crippen LogP contribution in [0, 0.1) is 22.0 Å². The summed E-state index contributed by atoms with van der Waals surface area (Å²) in [4.78, 5) is 59.0. The Morgan fingerprint density at radius 2 is 1.81 bits per heavy atom. The standard InChI is InChI=1S/C32H31N5O8S2.HI/c1-17-24(27(36-26(17)25(18(2)38)29(36)40)32(41)44-14-20-9-11-21(12-10-20)37(42)43)28-22(13-23(33)39)34-16-35(31(46-3)30(34)47-28)45-15-19-7-5-4-6-8-19;/h4-12,16-18,25-26,38H,13-15H2,1-3H3,(H-,33,39);1H/t17-,18+,25+,26+;/m0./s1. The molecule has 2 aromatic carbocycles. The van der Waals surface area contributed by atoms with Gasteiger partial charge in [-0.3, -0.25) is 19.7 Å². The van der Waals surface area contributed by atoms with E-state index in [4.69, 9.17) is 15.3 Å². The van der Waals surface area contributed by atoms with E-state index in [9.17, 15) is 29.6 Å². The van der Waals surface area contributed by atoms with Crippen molar-refractivity contribution in [3.63, 3.8) is 0 Å². The maximum Gasteiger partial charge on any atom is 0.355 e. The van der Waals surface area contributed by atoms with E-state index in [0.717, 1.165) is 15.4 Å². The Labute approximate surface area is 300 Å². The fourth-order valence-corrected chi connectivity index (χ4v) is 8.51. The van der Waals surface area contributed by atoms with Crippen LogP contribution in [0.4, 0.5) is 5.69 Å². The van der Waals surface area contributed by atoms with E-state index >= 15 is 0 Å². The van der Waals surface area contributed by atoms with Gasteiger partial charge in [-0.25, -0.2) is 4.79 Å². The van der Waals surface area contributed by atoms with Crippen LogP contribution in [0.15, 0.2) is 71.6 Å². The number of benzene rings is 2. The molecule has 4 heterocycles. The summed E-state index contributed by atoms with van der Waals surface area (Å²) >= 11 is 2.80. The number of β-lactam (4-membered cyclic amide) rings is 1. The first-order valence-corrected chi connectivity index (χ1v) is 16.8. The Hall–Kier alpha value is -4.00. The molecule has 48 heavy (non-hydrogen) atoms. The van der Waals surface area contributed by atoms with Gasteiger partial charge in [0.05, 0.1) is 34.3 Å². The van der Waals surface area contributed by atoms with Gasteiger partial charge in [-0.2, -0.15) is 4.40 Å². The number of aromatic nitrogens is 2. The summed E-state index contributed by atoms with van der Waals surface area (Å²) < 4.78 is 9.15. The number of esters is 1. The summed E-state index contributed by atoms with van der Waals surface area (Å²) in [5, 5.41) is 22.3. The molecule has 252 valence electrons. The van der Waals surface area contributed by atoms with E-state index in [1.165, 1.54) is 52.3 Å². The highest BCUT2D eigenvalue weighted by Crippen LogP contribution is 2.52. The molecule has 13 nitrogen and oxygen atoms in total. The van der Waals surface area contributed by atoms with Gasteiger partial charge in [0.1, 0.15) is 18.0 Å². The molecule has 1 fully saturated rings. The van der Waals surface area contributed by atoms with Crippen molar-refractivity contribution in [2.45, 2.75) is 50.7 Å². The third-order valence-corrected chi connectivity index (χ3v) is 10.6. The number of rotatable bonds is 12. The van der Waals surface area contributed by atoms with Crippen LogP contribution in [0.25, 0.3) is 10.4 Å². The molecule has 0 aliphatic carbocycles. The number of hydrogen-bond acceptors (Lipinski definition) is 10. The average molecular weight is 806 g/mol. The number of fused-ring (bicyclic) bond motifs is 2. The largest absolute Gasteiger partial charge is 1.00 e. The van der Waals surface area contributed by atoms with Crippen molar-refractivity contribution >= 4 is 57.0 Å². The predicted molar refractivity (Wildman–Crippen MR) is 172 cm³/mol. The molecule has 2 aliphatic rings. The molecule has 0 bridgehead atoms. The number of carbonyl (C=O) groups excluding carboxylic acids is 3. The Balaban J connectivity index is 0.00000451. The highest BCUT2D eigenvalue weighted by atomic mass is 127. The minimum absolute atomic E-state index is 0. The second kappa shape index (κ2) is 14.2. The number of hydrogen-bond donors (Lipinski definition) is 2. The summed E-state index contributed by atoms with van der Waals surface area (Å²) in [7, 11) is 0. The number of carbonyl (C=O) groups is 3. The quantitative estimate of drug-likeness (QED) is 0.0378. The van der Waals surface area contributed by atoms with Crippen LogP contribution in [-0.4, -0.2) is 55.8 Å². The summed E-state index contributed by atoms with van der Waals surface area (Å²) in [5.74, 6) is -2.87. The molecular weight excluding hydrogens is 773 g/mol. The Morgan fingerprint density at radius 3 is 2.42 bits per heavy atom. The molecule has 3 N–H and O–H groups in total. The number of primary amides is 1. The van der Waals surface area contributed by atoms with Gasteiger partial charge in [-0.05, 0) is 41.2 Å². The van der Waals surface area contributed by atoms with Crippen LogP contribution in [0.2, 0.25) is 0 Å². The van der Waals surface area contributed by atoms with Crippen molar-refractivity contribution < 1.29 is 62.4 Å². The molecule has 0 radical (unpaired) electrons. The first-order chi connectivity index (χ1) is 22.5. The fraction of sp³-hybridized carbons (Fsp3) is 0.312.